The van der Waals surface area contributed by atoms with E-state index in [1.807, 2.05) is 0 Å². The van der Waals surface area contributed by atoms with Gasteiger partial charge in [0.25, 0.3) is 0 Å². The van der Waals surface area contributed by atoms with Crippen LogP contribution in [-0.4, -0.2) is 23.9 Å². The molecule has 2 N–H and O–H groups in total. The Labute approximate surface area is 119 Å². The fourth-order valence-electron chi connectivity index (χ4n) is 3.10. The van der Waals surface area contributed by atoms with Crippen molar-refractivity contribution in [3.8, 4) is 0 Å². The molecule has 20 heavy (non-hydrogen) atoms. The summed E-state index contributed by atoms with van der Waals surface area (Å²) in [6, 6.07) is 14.9. The van der Waals surface area contributed by atoms with Crippen molar-refractivity contribution in [1.29, 1.82) is 0 Å². The van der Waals surface area contributed by atoms with Crippen LogP contribution in [0.1, 0.15) is 18.4 Å². The SMILES string of the molecule is NC(=O)C1CCCN(Cc2cccc3ccccc23)C1. The molecule has 0 bridgehead atoms. The van der Waals surface area contributed by atoms with Crippen LogP contribution in [0, 0.1) is 5.92 Å². The summed E-state index contributed by atoms with van der Waals surface area (Å²) in [5.74, 6) is -0.147. The van der Waals surface area contributed by atoms with Gasteiger partial charge in [0.15, 0.2) is 0 Å². The number of piperidine rings is 1. The van der Waals surface area contributed by atoms with E-state index in [4.69, 9.17) is 5.73 Å². The molecule has 0 spiro atoms. The van der Waals surface area contributed by atoms with Crippen LogP contribution >= 0.6 is 0 Å². The maximum atomic E-state index is 11.4. The minimum Gasteiger partial charge on any atom is -0.369 e. The van der Waals surface area contributed by atoms with Crippen LogP contribution in [0.5, 0.6) is 0 Å². The molecule has 1 heterocycles. The molecule has 1 atom stereocenters. The number of likely N-dealkylation sites (tertiary alicyclic amines) is 1. The van der Waals surface area contributed by atoms with E-state index in [0.717, 1.165) is 32.5 Å². The van der Waals surface area contributed by atoms with Crippen LogP contribution in [0.4, 0.5) is 0 Å². The Morgan fingerprint density at radius 2 is 2.00 bits per heavy atom. The highest BCUT2D eigenvalue weighted by molar-refractivity contribution is 5.85. The zero-order valence-corrected chi connectivity index (χ0v) is 11.6. The molecule has 3 nitrogen and oxygen atoms in total. The highest BCUT2D eigenvalue weighted by atomic mass is 16.1. The van der Waals surface area contributed by atoms with Crippen LogP contribution in [0.2, 0.25) is 0 Å². The first kappa shape index (κ1) is 13.1. The van der Waals surface area contributed by atoms with E-state index in [1.165, 1.54) is 16.3 Å². The number of nitrogens with two attached hydrogens (primary N) is 1. The molecule has 1 aliphatic rings. The van der Waals surface area contributed by atoms with Gasteiger partial charge in [-0.05, 0) is 35.7 Å². The lowest BCUT2D eigenvalue weighted by Crippen LogP contribution is -2.40. The molecule has 0 radical (unpaired) electrons. The van der Waals surface area contributed by atoms with Crippen molar-refractivity contribution in [2.24, 2.45) is 11.7 Å². The number of amides is 1. The Hall–Kier alpha value is -1.87. The molecule has 1 fully saturated rings. The molecule has 3 rings (SSSR count). The summed E-state index contributed by atoms with van der Waals surface area (Å²) < 4.78 is 0. The minimum absolute atomic E-state index is 0.0127. The number of primary amides is 1. The van der Waals surface area contributed by atoms with Crippen molar-refractivity contribution in [3.63, 3.8) is 0 Å². The van der Waals surface area contributed by atoms with Crippen molar-refractivity contribution in [2.45, 2.75) is 19.4 Å². The van der Waals surface area contributed by atoms with Gasteiger partial charge >= 0.3 is 0 Å². The number of hydrogen-bond acceptors (Lipinski definition) is 2. The largest absolute Gasteiger partial charge is 0.369 e. The van der Waals surface area contributed by atoms with Gasteiger partial charge in [0, 0.05) is 13.1 Å². The second-order valence-corrected chi connectivity index (χ2v) is 5.61. The van der Waals surface area contributed by atoms with E-state index in [9.17, 15) is 4.79 Å². The van der Waals surface area contributed by atoms with Gasteiger partial charge in [-0.15, -0.1) is 0 Å². The minimum atomic E-state index is -0.160. The van der Waals surface area contributed by atoms with Crippen molar-refractivity contribution in [2.75, 3.05) is 13.1 Å². The van der Waals surface area contributed by atoms with Crippen molar-refractivity contribution < 1.29 is 4.79 Å². The van der Waals surface area contributed by atoms with Crippen LogP contribution in [0.15, 0.2) is 42.5 Å². The third kappa shape index (κ3) is 2.68. The number of hydrogen-bond donors (Lipinski definition) is 1. The molecule has 3 heteroatoms. The monoisotopic (exact) mass is 268 g/mol. The topological polar surface area (TPSA) is 46.3 Å². The third-order valence-electron chi connectivity index (χ3n) is 4.18. The summed E-state index contributed by atoms with van der Waals surface area (Å²) in [5, 5.41) is 2.57. The Morgan fingerprint density at radius 1 is 1.20 bits per heavy atom. The predicted octanol–water partition coefficient (Wildman–Crippen LogP) is 2.54. The quantitative estimate of drug-likeness (QED) is 0.930. The molecule has 1 amide bonds. The summed E-state index contributed by atoms with van der Waals surface area (Å²) in [7, 11) is 0. The predicted molar refractivity (Wildman–Crippen MR) is 81.1 cm³/mol. The van der Waals surface area contributed by atoms with Crippen LogP contribution in [0.3, 0.4) is 0 Å². The molecular weight excluding hydrogens is 248 g/mol. The van der Waals surface area contributed by atoms with E-state index in [2.05, 4.69) is 47.4 Å². The Kier molecular flexibility index (Phi) is 3.70. The first-order chi connectivity index (χ1) is 9.74. The molecular formula is C17H20N2O. The highest BCUT2D eigenvalue weighted by Crippen LogP contribution is 2.23. The summed E-state index contributed by atoms with van der Waals surface area (Å²) in [6.07, 6.45) is 1.99. The summed E-state index contributed by atoms with van der Waals surface area (Å²) in [6.45, 7) is 2.73. The van der Waals surface area contributed by atoms with E-state index in [1.54, 1.807) is 0 Å². The van der Waals surface area contributed by atoms with Gasteiger partial charge in [0.1, 0.15) is 0 Å². The number of fused-ring (bicyclic) bond motifs is 1. The van der Waals surface area contributed by atoms with Crippen LogP contribution < -0.4 is 5.73 Å². The van der Waals surface area contributed by atoms with Gasteiger partial charge in [0.2, 0.25) is 5.91 Å². The normalized spacial score (nSPS) is 20.1. The van der Waals surface area contributed by atoms with E-state index in [-0.39, 0.29) is 11.8 Å². The first-order valence-corrected chi connectivity index (χ1v) is 7.22. The molecule has 1 aliphatic heterocycles. The van der Waals surface area contributed by atoms with Gasteiger partial charge in [-0.1, -0.05) is 42.5 Å². The Bertz CT molecular complexity index is 618. The van der Waals surface area contributed by atoms with Crippen LogP contribution in [0.25, 0.3) is 10.8 Å². The molecule has 1 unspecified atom stereocenters. The lowest BCUT2D eigenvalue weighted by Gasteiger charge is -2.31. The van der Waals surface area contributed by atoms with Crippen molar-refractivity contribution in [1.82, 2.24) is 4.90 Å². The zero-order valence-electron chi connectivity index (χ0n) is 11.6. The molecule has 0 saturated carbocycles. The molecule has 104 valence electrons. The maximum Gasteiger partial charge on any atom is 0.221 e. The standard InChI is InChI=1S/C17H20N2O/c18-17(20)15-8-4-10-19(12-15)11-14-7-3-6-13-5-1-2-9-16(13)14/h1-3,5-7,9,15H,4,8,10-12H2,(H2,18,20). The average Bonchev–Trinajstić information content (AvgIpc) is 2.48. The molecule has 0 aromatic heterocycles. The van der Waals surface area contributed by atoms with E-state index in [0.29, 0.717) is 0 Å². The first-order valence-electron chi connectivity index (χ1n) is 7.22. The third-order valence-corrected chi connectivity index (χ3v) is 4.18. The number of carbonyl (C=O) groups excluding carboxylic acids is 1. The van der Waals surface area contributed by atoms with Gasteiger partial charge in [-0.2, -0.15) is 0 Å². The number of nitrogens with zero attached hydrogens (tertiary/aromatic N) is 1. The highest BCUT2D eigenvalue weighted by Gasteiger charge is 2.24. The average molecular weight is 268 g/mol. The van der Waals surface area contributed by atoms with Gasteiger partial charge in [0.05, 0.1) is 5.92 Å². The molecule has 2 aromatic carbocycles. The number of carbonyl (C=O) groups is 1. The van der Waals surface area contributed by atoms with Crippen molar-refractivity contribution >= 4 is 16.7 Å². The smallest absolute Gasteiger partial charge is 0.221 e. The van der Waals surface area contributed by atoms with Gasteiger partial charge in [-0.25, -0.2) is 0 Å². The van der Waals surface area contributed by atoms with E-state index >= 15 is 0 Å². The lowest BCUT2D eigenvalue weighted by atomic mass is 9.96. The fraction of sp³-hybridized carbons (Fsp3) is 0.353. The fourth-order valence-corrected chi connectivity index (χ4v) is 3.10. The molecule has 0 aliphatic carbocycles. The summed E-state index contributed by atoms with van der Waals surface area (Å²) in [5.41, 5.74) is 6.77. The van der Waals surface area contributed by atoms with E-state index < -0.39 is 0 Å². The molecule has 1 saturated heterocycles. The Balaban J connectivity index is 1.81. The van der Waals surface area contributed by atoms with Crippen LogP contribution in [-0.2, 0) is 11.3 Å². The second kappa shape index (κ2) is 5.63. The number of benzene rings is 2. The van der Waals surface area contributed by atoms with Crippen molar-refractivity contribution in [3.05, 3.63) is 48.0 Å². The van der Waals surface area contributed by atoms with Gasteiger partial charge in [-0.3, -0.25) is 9.69 Å². The van der Waals surface area contributed by atoms with Gasteiger partial charge < -0.3 is 5.73 Å². The summed E-state index contributed by atoms with van der Waals surface area (Å²) >= 11 is 0. The molecule has 2 aromatic rings. The summed E-state index contributed by atoms with van der Waals surface area (Å²) in [4.78, 5) is 13.7. The maximum absolute atomic E-state index is 11.4. The number of rotatable bonds is 3. The second-order valence-electron chi connectivity index (χ2n) is 5.61. The zero-order chi connectivity index (χ0) is 13.9. The Morgan fingerprint density at radius 3 is 2.85 bits per heavy atom. The lowest BCUT2D eigenvalue weighted by molar-refractivity contribution is -0.123.